The van der Waals surface area contributed by atoms with Crippen LogP contribution in [0.4, 0.5) is 0 Å². The number of aliphatic hydroxyl groups is 1. The predicted octanol–water partition coefficient (Wildman–Crippen LogP) is 3.09. The Morgan fingerprint density at radius 3 is 2.20 bits per heavy atom. The Bertz CT molecular complexity index is 299. The Morgan fingerprint density at radius 1 is 1.27 bits per heavy atom. The van der Waals surface area contributed by atoms with Gasteiger partial charge in [-0.1, -0.05) is 32.9 Å². The van der Waals surface area contributed by atoms with Gasteiger partial charge in [-0.05, 0) is 36.5 Å². The molecule has 0 bridgehead atoms. The molecule has 0 aromatic heterocycles. The Balaban J connectivity index is 2.81. The van der Waals surface area contributed by atoms with E-state index < -0.39 is 6.29 Å². The summed E-state index contributed by atoms with van der Waals surface area (Å²) in [6.45, 7) is 8.22. The van der Waals surface area contributed by atoms with E-state index in [-0.39, 0.29) is 5.41 Å². The zero-order chi connectivity index (χ0) is 11.5. The van der Waals surface area contributed by atoms with Crippen molar-refractivity contribution in [2.75, 3.05) is 0 Å². The molecule has 15 heavy (non-hydrogen) atoms. The van der Waals surface area contributed by atoms with Crippen LogP contribution in [0.1, 0.15) is 39.7 Å². The lowest BCUT2D eigenvalue weighted by atomic mass is 9.82. The summed E-state index contributed by atoms with van der Waals surface area (Å²) >= 11 is 0. The standard InChI is InChI=1S/C13H20O2/c1-5-13(3,4)11-6-8-12(9-7-11)15-10(2)14/h6-10,14H,5H2,1-4H3. The molecule has 0 aliphatic rings. The van der Waals surface area contributed by atoms with Gasteiger partial charge in [-0.3, -0.25) is 0 Å². The van der Waals surface area contributed by atoms with Crippen molar-refractivity contribution in [2.45, 2.75) is 45.8 Å². The molecule has 84 valence electrons. The third-order valence-corrected chi connectivity index (χ3v) is 2.83. The van der Waals surface area contributed by atoms with Gasteiger partial charge in [-0.2, -0.15) is 0 Å². The van der Waals surface area contributed by atoms with Crippen LogP contribution in [-0.4, -0.2) is 11.4 Å². The van der Waals surface area contributed by atoms with Gasteiger partial charge in [0.15, 0.2) is 6.29 Å². The fraction of sp³-hybridized carbons (Fsp3) is 0.538. The number of rotatable bonds is 4. The number of hydrogen-bond acceptors (Lipinski definition) is 2. The molecule has 0 heterocycles. The molecule has 1 unspecified atom stereocenters. The molecule has 0 saturated heterocycles. The molecule has 0 amide bonds. The summed E-state index contributed by atoms with van der Waals surface area (Å²) in [7, 11) is 0. The minimum atomic E-state index is -0.755. The average molecular weight is 208 g/mol. The number of hydrogen-bond donors (Lipinski definition) is 1. The van der Waals surface area contributed by atoms with Gasteiger partial charge in [-0.25, -0.2) is 0 Å². The smallest absolute Gasteiger partial charge is 0.194 e. The van der Waals surface area contributed by atoms with Crippen molar-refractivity contribution in [3.63, 3.8) is 0 Å². The highest BCUT2D eigenvalue weighted by Gasteiger charge is 2.17. The van der Waals surface area contributed by atoms with E-state index in [1.54, 1.807) is 6.92 Å². The third-order valence-electron chi connectivity index (χ3n) is 2.83. The van der Waals surface area contributed by atoms with E-state index >= 15 is 0 Å². The summed E-state index contributed by atoms with van der Waals surface area (Å²) < 4.78 is 5.17. The topological polar surface area (TPSA) is 29.5 Å². The van der Waals surface area contributed by atoms with Crippen LogP contribution in [0.2, 0.25) is 0 Å². The molecule has 0 aliphatic carbocycles. The highest BCUT2D eigenvalue weighted by Crippen LogP contribution is 2.28. The number of benzene rings is 1. The first kappa shape index (κ1) is 12.1. The van der Waals surface area contributed by atoms with E-state index in [4.69, 9.17) is 9.84 Å². The van der Waals surface area contributed by atoms with Crippen LogP contribution in [0.3, 0.4) is 0 Å². The second-order valence-corrected chi connectivity index (χ2v) is 4.48. The van der Waals surface area contributed by atoms with Crippen molar-refractivity contribution >= 4 is 0 Å². The second kappa shape index (κ2) is 4.67. The molecule has 2 heteroatoms. The van der Waals surface area contributed by atoms with E-state index in [9.17, 15) is 0 Å². The zero-order valence-electron chi connectivity index (χ0n) is 9.95. The molecular formula is C13H20O2. The maximum absolute atomic E-state index is 9.06. The van der Waals surface area contributed by atoms with E-state index in [0.29, 0.717) is 5.75 Å². The molecule has 1 rings (SSSR count). The van der Waals surface area contributed by atoms with Gasteiger partial charge in [0.05, 0.1) is 0 Å². The highest BCUT2D eigenvalue weighted by atomic mass is 16.6. The van der Waals surface area contributed by atoms with Crippen LogP contribution in [0, 0.1) is 0 Å². The van der Waals surface area contributed by atoms with Crippen LogP contribution in [-0.2, 0) is 5.41 Å². The van der Waals surface area contributed by atoms with E-state index in [2.05, 4.69) is 32.9 Å². The molecule has 2 nitrogen and oxygen atoms in total. The van der Waals surface area contributed by atoms with Crippen molar-refractivity contribution in [1.82, 2.24) is 0 Å². The van der Waals surface area contributed by atoms with Crippen LogP contribution >= 0.6 is 0 Å². The molecule has 0 aliphatic heterocycles. The van der Waals surface area contributed by atoms with Crippen molar-refractivity contribution in [1.29, 1.82) is 0 Å². The lowest BCUT2D eigenvalue weighted by Crippen LogP contribution is -2.15. The Morgan fingerprint density at radius 2 is 1.80 bits per heavy atom. The first-order valence-corrected chi connectivity index (χ1v) is 5.41. The molecule has 0 fully saturated rings. The fourth-order valence-electron chi connectivity index (χ4n) is 1.39. The van der Waals surface area contributed by atoms with Crippen LogP contribution in [0.5, 0.6) is 5.75 Å². The first-order chi connectivity index (χ1) is 6.95. The van der Waals surface area contributed by atoms with Gasteiger partial charge >= 0.3 is 0 Å². The summed E-state index contributed by atoms with van der Waals surface area (Å²) in [5, 5.41) is 9.06. The lowest BCUT2D eigenvalue weighted by molar-refractivity contribution is -0.000310. The number of ether oxygens (including phenoxy) is 1. The van der Waals surface area contributed by atoms with E-state index in [1.807, 2.05) is 12.1 Å². The van der Waals surface area contributed by atoms with Crippen molar-refractivity contribution < 1.29 is 9.84 Å². The lowest BCUT2D eigenvalue weighted by Gasteiger charge is -2.23. The Kier molecular flexibility index (Phi) is 3.75. The first-order valence-electron chi connectivity index (χ1n) is 5.41. The molecule has 0 spiro atoms. The molecule has 1 atom stereocenters. The second-order valence-electron chi connectivity index (χ2n) is 4.48. The van der Waals surface area contributed by atoms with Gasteiger partial charge in [0.1, 0.15) is 5.75 Å². The van der Waals surface area contributed by atoms with Gasteiger partial charge in [0.25, 0.3) is 0 Å². The third kappa shape index (κ3) is 3.24. The normalized spacial score (nSPS) is 13.7. The summed E-state index contributed by atoms with van der Waals surface area (Å²) in [6.07, 6.45) is 0.346. The van der Waals surface area contributed by atoms with Crippen molar-refractivity contribution in [3.8, 4) is 5.75 Å². The zero-order valence-corrected chi connectivity index (χ0v) is 9.95. The fourth-order valence-corrected chi connectivity index (χ4v) is 1.39. The Hall–Kier alpha value is -1.02. The maximum atomic E-state index is 9.06. The van der Waals surface area contributed by atoms with Gasteiger partial charge in [0, 0.05) is 0 Å². The summed E-state index contributed by atoms with van der Waals surface area (Å²) in [6, 6.07) is 7.92. The van der Waals surface area contributed by atoms with Crippen molar-refractivity contribution in [2.24, 2.45) is 0 Å². The van der Waals surface area contributed by atoms with E-state index in [1.165, 1.54) is 5.56 Å². The minimum absolute atomic E-state index is 0.198. The molecular weight excluding hydrogens is 188 g/mol. The summed E-state index contributed by atoms with van der Waals surface area (Å²) in [5.74, 6) is 0.709. The van der Waals surface area contributed by atoms with Gasteiger partial charge in [-0.15, -0.1) is 0 Å². The largest absolute Gasteiger partial charge is 0.465 e. The molecule has 1 aromatic rings. The average Bonchev–Trinajstić information content (AvgIpc) is 2.18. The highest BCUT2D eigenvalue weighted by molar-refractivity contribution is 5.31. The number of aliphatic hydroxyl groups excluding tert-OH is 1. The molecule has 1 N–H and O–H groups in total. The van der Waals surface area contributed by atoms with E-state index in [0.717, 1.165) is 6.42 Å². The van der Waals surface area contributed by atoms with Crippen LogP contribution < -0.4 is 4.74 Å². The minimum Gasteiger partial charge on any atom is -0.465 e. The summed E-state index contributed by atoms with van der Waals surface area (Å²) in [5.41, 5.74) is 1.49. The quantitative estimate of drug-likeness (QED) is 0.770. The maximum Gasteiger partial charge on any atom is 0.194 e. The SMILES string of the molecule is CCC(C)(C)c1ccc(OC(C)O)cc1. The Labute approximate surface area is 91.9 Å². The van der Waals surface area contributed by atoms with Crippen LogP contribution in [0.25, 0.3) is 0 Å². The molecule has 1 aromatic carbocycles. The monoisotopic (exact) mass is 208 g/mol. The van der Waals surface area contributed by atoms with Gasteiger partial charge < -0.3 is 9.84 Å². The van der Waals surface area contributed by atoms with Crippen molar-refractivity contribution in [3.05, 3.63) is 29.8 Å². The molecule has 0 radical (unpaired) electrons. The van der Waals surface area contributed by atoms with Crippen LogP contribution in [0.15, 0.2) is 24.3 Å². The molecule has 0 saturated carbocycles. The van der Waals surface area contributed by atoms with Gasteiger partial charge in [0.2, 0.25) is 0 Å². The predicted molar refractivity (Wildman–Crippen MR) is 62.1 cm³/mol. The summed E-state index contributed by atoms with van der Waals surface area (Å²) in [4.78, 5) is 0.